The molecular weight excluding hydrogens is 353 g/mol. The molecule has 1 aromatic heterocycles. The van der Waals surface area contributed by atoms with Crippen LogP contribution in [0.15, 0.2) is 36.5 Å². The third-order valence-corrected chi connectivity index (χ3v) is 5.64. The Morgan fingerprint density at radius 1 is 1.27 bits per heavy atom. The van der Waals surface area contributed by atoms with Gasteiger partial charge >= 0.3 is 0 Å². The fraction of sp³-hybridized carbons (Fsp3) is 0.300. The van der Waals surface area contributed by atoms with Crippen molar-refractivity contribution in [2.45, 2.75) is 18.3 Å². The summed E-state index contributed by atoms with van der Waals surface area (Å²) in [6.07, 6.45) is 7.66. The van der Waals surface area contributed by atoms with Crippen molar-refractivity contribution < 1.29 is 9.18 Å². The number of pyridine rings is 1. The fourth-order valence-electron chi connectivity index (χ4n) is 3.83. The molecule has 1 spiro atoms. The van der Waals surface area contributed by atoms with Gasteiger partial charge in [-0.2, -0.15) is 0 Å². The number of hydrogen-bond acceptors (Lipinski definition) is 3. The smallest absolute Gasteiger partial charge is 0.256 e. The highest BCUT2D eigenvalue weighted by molar-refractivity contribution is 6.34. The SMILES string of the molecule is CN(C)C(=O)c1cccc(-c2cnc3c(c2Cl)C2(CC=CC2)CN3)c1F. The largest absolute Gasteiger partial charge is 0.369 e. The molecule has 0 atom stereocenters. The summed E-state index contributed by atoms with van der Waals surface area (Å²) in [6, 6.07) is 4.79. The van der Waals surface area contributed by atoms with Crippen molar-refractivity contribution in [1.82, 2.24) is 9.88 Å². The van der Waals surface area contributed by atoms with E-state index in [1.54, 1.807) is 32.4 Å². The first kappa shape index (κ1) is 17.0. The molecule has 2 heterocycles. The molecule has 1 aliphatic heterocycles. The van der Waals surface area contributed by atoms with E-state index in [1.807, 2.05) is 0 Å². The second-order valence-electron chi connectivity index (χ2n) is 7.09. The van der Waals surface area contributed by atoms with Crippen molar-refractivity contribution >= 4 is 23.3 Å². The summed E-state index contributed by atoms with van der Waals surface area (Å²) in [4.78, 5) is 18.1. The maximum absolute atomic E-state index is 15.1. The van der Waals surface area contributed by atoms with Crippen LogP contribution >= 0.6 is 11.6 Å². The molecule has 0 fully saturated rings. The topological polar surface area (TPSA) is 45.2 Å². The first-order valence-corrected chi connectivity index (χ1v) is 8.91. The minimum atomic E-state index is -0.570. The molecule has 4 rings (SSSR count). The van der Waals surface area contributed by atoms with Crippen LogP contribution in [-0.2, 0) is 5.41 Å². The van der Waals surface area contributed by atoms with Gasteiger partial charge in [0.2, 0.25) is 0 Å². The van der Waals surface area contributed by atoms with E-state index in [0.717, 1.165) is 30.8 Å². The summed E-state index contributed by atoms with van der Waals surface area (Å²) >= 11 is 6.75. The Morgan fingerprint density at radius 2 is 2.00 bits per heavy atom. The van der Waals surface area contributed by atoms with Crippen molar-refractivity contribution in [1.29, 1.82) is 0 Å². The fourth-order valence-corrected chi connectivity index (χ4v) is 4.27. The Hall–Kier alpha value is -2.40. The second-order valence-corrected chi connectivity index (χ2v) is 7.47. The predicted molar refractivity (Wildman–Crippen MR) is 101 cm³/mol. The van der Waals surface area contributed by atoms with E-state index >= 15 is 4.39 Å². The molecule has 1 aliphatic carbocycles. The molecule has 1 N–H and O–H groups in total. The van der Waals surface area contributed by atoms with E-state index in [1.165, 1.54) is 11.0 Å². The Labute approximate surface area is 156 Å². The van der Waals surface area contributed by atoms with E-state index in [4.69, 9.17) is 11.6 Å². The number of amides is 1. The zero-order valence-corrected chi connectivity index (χ0v) is 15.4. The number of aromatic nitrogens is 1. The van der Waals surface area contributed by atoms with Gasteiger partial charge in [0, 0.05) is 48.9 Å². The number of hydrogen-bond donors (Lipinski definition) is 1. The van der Waals surface area contributed by atoms with Gasteiger partial charge in [0.05, 0.1) is 10.6 Å². The molecule has 0 unspecified atom stereocenters. The molecule has 0 radical (unpaired) electrons. The van der Waals surface area contributed by atoms with Gasteiger partial charge in [-0.3, -0.25) is 4.79 Å². The number of rotatable bonds is 2. The van der Waals surface area contributed by atoms with Crippen molar-refractivity contribution in [3.8, 4) is 11.1 Å². The molecule has 26 heavy (non-hydrogen) atoms. The van der Waals surface area contributed by atoms with Crippen LogP contribution in [0.2, 0.25) is 5.02 Å². The van der Waals surface area contributed by atoms with Crippen LogP contribution in [0.25, 0.3) is 11.1 Å². The van der Waals surface area contributed by atoms with Gasteiger partial charge < -0.3 is 10.2 Å². The highest BCUT2D eigenvalue weighted by Crippen LogP contribution is 2.50. The summed E-state index contributed by atoms with van der Waals surface area (Å²) in [5, 5.41) is 3.83. The van der Waals surface area contributed by atoms with Crippen LogP contribution in [0.4, 0.5) is 10.2 Å². The Morgan fingerprint density at radius 3 is 2.69 bits per heavy atom. The highest BCUT2D eigenvalue weighted by Gasteiger charge is 2.42. The van der Waals surface area contributed by atoms with Crippen LogP contribution in [0.5, 0.6) is 0 Å². The summed E-state index contributed by atoms with van der Waals surface area (Å²) in [5.41, 5.74) is 1.69. The molecule has 0 saturated heterocycles. The molecule has 4 nitrogen and oxygen atoms in total. The number of allylic oxidation sites excluding steroid dienone is 2. The predicted octanol–water partition coefficient (Wildman–Crippen LogP) is 4.26. The normalized spacial score (nSPS) is 16.6. The average Bonchev–Trinajstić information content (AvgIpc) is 3.24. The Balaban J connectivity index is 1.86. The monoisotopic (exact) mass is 371 g/mol. The maximum atomic E-state index is 15.1. The van der Waals surface area contributed by atoms with Gasteiger partial charge in [0.1, 0.15) is 11.6 Å². The molecule has 1 aromatic carbocycles. The van der Waals surface area contributed by atoms with Gasteiger partial charge in [0.15, 0.2) is 0 Å². The molecule has 0 saturated carbocycles. The van der Waals surface area contributed by atoms with Crippen LogP contribution in [-0.4, -0.2) is 36.4 Å². The number of fused-ring (bicyclic) bond motifs is 2. The highest BCUT2D eigenvalue weighted by atomic mass is 35.5. The molecule has 0 bridgehead atoms. The maximum Gasteiger partial charge on any atom is 0.256 e. The first-order valence-electron chi connectivity index (χ1n) is 8.53. The number of nitrogens with one attached hydrogen (secondary N) is 1. The number of nitrogens with zero attached hydrogens (tertiary/aromatic N) is 2. The first-order chi connectivity index (χ1) is 12.4. The molecule has 6 heteroatoms. The number of anilines is 1. The molecule has 134 valence electrons. The number of benzene rings is 1. The summed E-state index contributed by atoms with van der Waals surface area (Å²) in [6.45, 7) is 0.771. The average molecular weight is 372 g/mol. The van der Waals surface area contributed by atoms with Gasteiger partial charge in [-0.05, 0) is 18.9 Å². The van der Waals surface area contributed by atoms with E-state index in [9.17, 15) is 4.79 Å². The van der Waals surface area contributed by atoms with Crippen molar-refractivity contribution in [3.63, 3.8) is 0 Å². The summed E-state index contributed by atoms with van der Waals surface area (Å²) in [5.74, 6) is -0.185. The lowest BCUT2D eigenvalue weighted by atomic mass is 9.80. The lowest BCUT2D eigenvalue weighted by molar-refractivity contribution is 0.0823. The summed E-state index contributed by atoms with van der Waals surface area (Å²) in [7, 11) is 3.20. The lowest BCUT2D eigenvalue weighted by Crippen LogP contribution is -2.25. The standard InChI is InChI=1S/C20H19ClFN3O/c1-25(2)19(26)13-7-5-6-12(17(13)22)14-10-23-18-15(16(14)21)20(11-24-18)8-3-4-9-20/h3-7,10H,8-9,11H2,1-2H3,(H,23,24). The van der Waals surface area contributed by atoms with Crippen LogP contribution in [0, 0.1) is 5.82 Å². The summed E-state index contributed by atoms with van der Waals surface area (Å²) < 4.78 is 15.1. The third kappa shape index (κ3) is 2.42. The van der Waals surface area contributed by atoms with E-state index in [0.29, 0.717) is 16.1 Å². The molecule has 1 amide bonds. The number of carbonyl (C=O) groups excluding carboxylic acids is 1. The van der Waals surface area contributed by atoms with Gasteiger partial charge in [-0.15, -0.1) is 0 Å². The van der Waals surface area contributed by atoms with Crippen molar-refractivity contribution in [3.05, 3.63) is 58.5 Å². The Kier molecular flexibility index (Phi) is 3.99. The minimum Gasteiger partial charge on any atom is -0.369 e. The van der Waals surface area contributed by atoms with E-state index < -0.39 is 5.82 Å². The van der Waals surface area contributed by atoms with Crippen LogP contribution in [0.1, 0.15) is 28.8 Å². The number of carbonyl (C=O) groups is 1. The van der Waals surface area contributed by atoms with Crippen LogP contribution in [0.3, 0.4) is 0 Å². The molecular formula is C20H19ClFN3O. The van der Waals surface area contributed by atoms with Crippen molar-refractivity contribution in [2.24, 2.45) is 0 Å². The second kappa shape index (κ2) is 6.09. The molecule has 2 aliphatic rings. The van der Waals surface area contributed by atoms with Crippen molar-refractivity contribution in [2.75, 3.05) is 26.0 Å². The van der Waals surface area contributed by atoms with E-state index in [-0.39, 0.29) is 16.9 Å². The zero-order valence-electron chi connectivity index (χ0n) is 14.6. The van der Waals surface area contributed by atoms with Gasteiger partial charge in [-0.1, -0.05) is 35.9 Å². The minimum absolute atomic E-state index is 0.0273. The van der Waals surface area contributed by atoms with Gasteiger partial charge in [-0.25, -0.2) is 9.37 Å². The molecule has 2 aromatic rings. The lowest BCUT2D eigenvalue weighted by Gasteiger charge is -2.24. The third-order valence-electron chi connectivity index (χ3n) is 5.25. The Bertz CT molecular complexity index is 931. The quantitative estimate of drug-likeness (QED) is 0.802. The number of halogens is 2. The van der Waals surface area contributed by atoms with Gasteiger partial charge in [0.25, 0.3) is 5.91 Å². The van der Waals surface area contributed by atoms with E-state index in [2.05, 4.69) is 22.5 Å². The zero-order chi connectivity index (χ0) is 18.5. The van der Waals surface area contributed by atoms with Crippen LogP contribution < -0.4 is 5.32 Å².